The van der Waals surface area contributed by atoms with E-state index < -0.39 is 0 Å². The lowest BCUT2D eigenvalue weighted by molar-refractivity contribution is 0.278. The second-order valence-corrected chi connectivity index (χ2v) is 9.72. The van der Waals surface area contributed by atoms with Crippen molar-refractivity contribution in [2.75, 3.05) is 19.8 Å². The summed E-state index contributed by atoms with van der Waals surface area (Å²) in [5.74, 6) is 1.81. The third-order valence-electron chi connectivity index (χ3n) is 6.39. The molecular weight excluding hydrogens is 436 g/mol. The normalized spacial score (nSPS) is 10.8. The van der Waals surface area contributed by atoms with Crippen LogP contribution < -0.4 is 14.2 Å². The van der Waals surface area contributed by atoms with Gasteiger partial charge in [-0.1, -0.05) is 117 Å². The molecule has 0 saturated heterocycles. The molecule has 5 nitrogen and oxygen atoms in total. The topological polar surface area (TPSA) is 55.8 Å². The Morgan fingerprint density at radius 3 is 1.23 bits per heavy atom. The molecule has 0 bridgehead atoms. The van der Waals surface area contributed by atoms with Crippen molar-refractivity contribution in [2.24, 2.45) is 0 Å². The SMILES string of the molecule is CCCCCCCCOc1cc(OCCCCCCCC)c([N+]#N)c(OCCCCCCCC)c1. The van der Waals surface area contributed by atoms with E-state index in [1.807, 2.05) is 12.1 Å². The van der Waals surface area contributed by atoms with Crippen molar-refractivity contribution in [1.82, 2.24) is 0 Å². The number of benzene rings is 1. The lowest BCUT2D eigenvalue weighted by Gasteiger charge is -2.12. The lowest BCUT2D eigenvalue weighted by atomic mass is 10.1. The van der Waals surface area contributed by atoms with Gasteiger partial charge in [0, 0.05) is 12.1 Å². The molecule has 1 rings (SSSR count). The highest BCUT2D eigenvalue weighted by Crippen LogP contribution is 2.42. The van der Waals surface area contributed by atoms with Crippen LogP contribution in [0.3, 0.4) is 0 Å². The second-order valence-electron chi connectivity index (χ2n) is 9.72. The van der Waals surface area contributed by atoms with Crippen LogP contribution in [0.4, 0.5) is 5.69 Å². The van der Waals surface area contributed by atoms with Crippen LogP contribution in [-0.2, 0) is 0 Å². The molecule has 0 fully saturated rings. The minimum atomic E-state index is 0.369. The maximum atomic E-state index is 9.73. The Hall–Kier alpha value is -1.96. The zero-order chi connectivity index (χ0) is 25.4. The zero-order valence-corrected chi connectivity index (χ0v) is 23.1. The lowest BCUT2D eigenvalue weighted by Crippen LogP contribution is -2.03. The summed E-state index contributed by atoms with van der Waals surface area (Å²) in [7, 11) is 0. The van der Waals surface area contributed by atoms with E-state index in [9.17, 15) is 5.39 Å². The van der Waals surface area contributed by atoms with Gasteiger partial charge in [0.1, 0.15) is 5.75 Å². The molecule has 0 aliphatic heterocycles. The van der Waals surface area contributed by atoms with Crippen molar-refractivity contribution in [2.45, 2.75) is 136 Å². The Kier molecular flexibility index (Phi) is 20.0. The summed E-state index contributed by atoms with van der Waals surface area (Å²) in [4.78, 5) is 3.52. The average molecular weight is 490 g/mol. The van der Waals surface area contributed by atoms with Crippen LogP contribution in [0.15, 0.2) is 12.1 Å². The van der Waals surface area contributed by atoms with Crippen molar-refractivity contribution < 1.29 is 14.2 Å². The van der Waals surface area contributed by atoms with Crippen LogP contribution >= 0.6 is 0 Å². The van der Waals surface area contributed by atoms with Crippen LogP contribution in [0.5, 0.6) is 17.2 Å². The molecule has 0 spiro atoms. The molecule has 0 N–H and O–H groups in total. The highest BCUT2D eigenvalue weighted by Gasteiger charge is 2.25. The van der Waals surface area contributed by atoms with Gasteiger partial charge in [-0.05, 0) is 19.3 Å². The molecular formula is C30H53N2O3+. The number of hydrogen-bond donors (Lipinski definition) is 0. The van der Waals surface area contributed by atoms with E-state index in [1.165, 1.54) is 83.5 Å². The number of nitrogens with zero attached hydrogens (tertiary/aromatic N) is 2. The molecule has 0 heterocycles. The summed E-state index contributed by atoms with van der Waals surface area (Å²) in [6.07, 6.45) is 21.8. The van der Waals surface area contributed by atoms with Crippen molar-refractivity contribution in [1.29, 1.82) is 5.39 Å². The van der Waals surface area contributed by atoms with Gasteiger partial charge in [0.15, 0.2) is 4.98 Å². The molecule has 5 heteroatoms. The predicted octanol–water partition coefficient (Wildman–Crippen LogP) is 10.4. The molecule has 0 aromatic heterocycles. The van der Waals surface area contributed by atoms with Gasteiger partial charge in [-0.2, -0.15) is 0 Å². The molecule has 0 amide bonds. The molecule has 0 radical (unpaired) electrons. The molecule has 35 heavy (non-hydrogen) atoms. The number of hydrogen-bond acceptors (Lipinski definition) is 4. The number of unbranched alkanes of at least 4 members (excludes halogenated alkanes) is 15. The first-order valence-electron chi connectivity index (χ1n) is 14.7. The van der Waals surface area contributed by atoms with Gasteiger partial charge in [0.2, 0.25) is 16.9 Å². The van der Waals surface area contributed by atoms with E-state index in [4.69, 9.17) is 14.2 Å². The fraction of sp³-hybridized carbons (Fsp3) is 0.800. The van der Waals surface area contributed by atoms with Gasteiger partial charge < -0.3 is 14.2 Å². The third kappa shape index (κ3) is 15.6. The first-order chi connectivity index (χ1) is 17.3. The van der Waals surface area contributed by atoms with E-state index >= 15 is 0 Å². The van der Waals surface area contributed by atoms with Gasteiger partial charge in [-0.3, -0.25) is 0 Å². The Morgan fingerprint density at radius 2 is 0.857 bits per heavy atom. The highest BCUT2D eigenvalue weighted by molar-refractivity contribution is 5.69. The van der Waals surface area contributed by atoms with Crippen LogP contribution in [-0.4, -0.2) is 19.8 Å². The van der Waals surface area contributed by atoms with Crippen LogP contribution in [0.1, 0.15) is 136 Å². The molecule has 0 aliphatic carbocycles. The molecule has 0 aliphatic rings. The summed E-state index contributed by atoms with van der Waals surface area (Å²) in [6, 6.07) is 3.70. The van der Waals surface area contributed by atoms with E-state index in [-0.39, 0.29) is 0 Å². The van der Waals surface area contributed by atoms with E-state index in [0.29, 0.717) is 37.0 Å². The smallest absolute Gasteiger partial charge is 0.467 e. The average Bonchev–Trinajstić information content (AvgIpc) is 2.87. The van der Waals surface area contributed by atoms with Gasteiger partial charge >= 0.3 is 5.69 Å². The minimum absolute atomic E-state index is 0.369. The molecule has 1 aromatic rings. The summed E-state index contributed by atoms with van der Waals surface area (Å²) >= 11 is 0. The standard InChI is InChI=1S/C30H53N2O3/c1-4-7-10-13-16-19-22-33-27-25-28(34-23-20-17-14-11-8-5-2)30(32-31)29(26-27)35-24-21-18-15-12-9-6-3/h25-26H,4-24H2,1-3H3/q+1. The second kappa shape index (κ2) is 22.5. The van der Waals surface area contributed by atoms with Crippen LogP contribution in [0, 0.1) is 5.39 Å². The zero-order valence-electron chi connectivity index (χ0n) is 23.1. The first kappa shape index (κ1) is 31.1. The summed E-state index contributed by atoms with van der Waals surface area (Å²) < 4.78 is 18.1. The predicted molar refractivity (Wildman–Crippen MR) is 148 cm³/mol. The van der Waals surface area contributed by atoms with Crippen LogP contribution in [0.25, 0.3) is 4.98 Å². The molecule has 0 unspecified atom stereocenters. The largest absolute Gasteiger partial charge is 0.493 e. The minimum Gasteiger partial charge on any atom is -0.493 e. The number of rotatable bonds is 24. The monoisotopic (exact) mass is 489 g/mol. The maximum absolute atomic E-state index is 9.73. The van der Waals surface area contributed by atoms with Gasteiger partial charge in [-0.25, -0.2) is 0 Å². The molecule has 0 saturated carbocycles. The Balaban J connectivity index is 2.65. The summed E-state index contributed by atoms with van der Waals surface area (Å²) in [6.45, 7) is 8.59. The Labute approximate surface area is 215 Å². The summed E-state index contributed by atoms with van der Waals surface area (Å²) in [5, 5.41) is 9.73. The van der Waals surface area contributed by atoms with Crippen molar-refractivity contribution in [3.05, 3.63) is 17.1 Å². The number of ether oxygens (including phenoxy) is 3. The van der Waals surface area contributed by atoms with Gasteiger partial charge in [0.05, 0.1) is 19.8 Å². The van der Waals surface area contributed by atoms with Gasteiger partial charge in [-0.15, -0.1) is 0 Å². The molecule has 0 atom stereocenters. The molecule has 1 aromatic carbocycles. The van der Waals surface area contributed by atoms with Crippen LogP contribution in [0.2, 0.25) is 0 Å². The number of diazo groups is 1. The van der Waals surface area contributed by atoms with Gasteiger partial charge in [0.25, 0.3) is 0 Å². The van der Waals surface area contributed by atoms with E-state index in [2.05, 4.69) is 25.7 Å². The third-order valence-corrected chi connectivity index (χ3v) is 6.39. The van der Waals surface area contributed by atoms with Crippen molar-refractivity contribution in [3.63, 3.8) is 0 Å². The highest BCUT2D eigenvalue weighted by atomic mass is 16.5. The Morgan fingerprint density at radius 1 is 0.514 bits per heavy atom. The van der Waals surface area contributed by atoms with E-state index in [0.717, 1.165) is 37.9 Å². The summed E-state index contributed by atoms with van der Waals surface area (Å²) in [5.41, 5.74) is 0.369. The Bertz CT molecular complexity index is 633. The van der Waals surface area contributed by atoms with E-state index in [1.54, 1.807) is 0 Å². The van der Waals surface area contributed by atoms with Crippen molar-refractivity contribution >= 4 is 5.69 Å². The molecule has 200 valence electrons. The quantitative estimate of drug-likeness (QED) is 0.107. The first-order valence-corrected chi connectivity index (χ1v) is 14.7. The fourth-order valence-corrected chi connectivity index (χ4v) is 4.16. The maximum Gasteiger partial charge on any atom is 0.467 e. The fourth-order valence-electron chi connectivity index (χ4n) is 4.16. The van der Waals surface area contributed by atoms with Crippen molar-refractivity contribution in [3.8, 4) is 17.2 Å².